The van der Waals surface area contributed by atoms with Crippen LogP contribution in [0.4, 0.5) is 0 Å². The second-order valence-corrected chi connectivity index (χ2v) is 1.25. The molecule has 0 unspecified atom stereocenters. The Hall–Kier alpha value is -0.313. The van der Waals surface area contributed by atoms with Crippen molar-refractivity contribution in [1.82, 2.24) is 0 Å². The monoisotopic (exact) mass is 76.0 g/mol. The minimum Gasteiger partial charge on any atom is -0.539 e. The van der Waals surface area contributed by atoms with Crippen LogP contribution in [0.5, 0.6) is 0 Å². The molecular formula is CH4O2Si. The highest BCUT2D eigenvalue weighted by molar-refractivity contribution is 6.45. The average Bonchev–Trinajstić information content (AvgIpc) is 0.811. The van der Waals surface area contributed by atoms with Crippen molar-refractivity contribution in [2.75, 3.05) is 0 Å². The lowest BCUT2D eigenvalue weighted by Gasteiger charge is -1.65. The van der Waals surface area contributed by atoms with Crippen molar-refractivity contribution in [1.29, 1.82) is 0 Å². The first kappa shape index (κ1) is 3.69. The van der Waals surface area contributed by atoms with Gasteiger partial charge in [0, 0.05) is 0 Å². The maximum atomic E-state index is 7.60. The summed E-state index contributed by atoms with van der Waals surface area (Å²) in [6.07, 6.45) is 2.85. The van der Waals surface area contributed by atoms with E-state index in [9.17, 15) is 0 Å². The summed E-state index contributed by atoms with van der Waals surface area (Å²) < 4.78 is 0. The zero-order valence-corrected chi connectivity index (χ0v) is 3.10. The summed E-state index contributed by atoms with van der Waals surface area (Å²) in [4.78, 5) is 15.2. The molecule has 3 heteroatoms. The Labute approximate surface area is 25.8 Å². The summed E-state index contributed by atoms with van der Waals surface area (Å²) in [6.45, 7) is 0. The normalized spacial score (nSPS) is 6.00. The summed E-state index contributed by atoms with van der Waals surface area (Å²) in [5, 5.41) is 0. The van der Waals surface area contributed by atoms with Gasteiger partial charge in [-0.25, -0.2) is 0 Å². The van der Waals surface area contributed by atoms with Crippen molar-refractivity contribution in [3.63, 3.8) is 0 Å². The molecule has 2 N–H and O–H groups in total. The molecular weight excluding hydrogens is 72.1 g/mol. The molecule has 0 aliphatic carbocycles. The van der Waals surface area contributed by atoms with Gasteiger partial charge in [0.2, 0.25) is 0 Å². The second kappa shape index (κ2) is 1.06. The molecule has 0 atom stereocenters. The van der Waals surface area contributed by atoms with Gasteiger partial charge in [-0.1, -0.05) is 0 Å². The second-order valence-electron chi connectivity index (χ2n) is 0.416. The van der Waals surface area contributed by atoms with Gasteiger partial charge in [0.1, 0.15) is 0 Å². The van der Waals surface area contributed by atoms with Gasteiger partial charge in [-0.15, -0.1) is 0 Å². The Kier molecular flexibility index (Phi) is 0.976. The minimum absolute atomic E-state index is 2.13. The first-order valence-electron chi connectivity index (χ1n) is 0.801. The van der Waals surface area contributed by atoms with Crippen LogP contribution in [0.1, 0.15) is 0 Å². The molecule has 2 nitrogen and oxygen atoms in total. The van der Waals surface area contributed by atoms with E-state index >= 15 is 0 Å². The molecule has 0 aliphatic heterocycles. The van der Waals surface area contributed by atoms with Gasteiger partial charge in [-0.05, 0) is 6.17 Å². The molecule has 0 bridgehead atoms. The van der Waals surface area contributed by atoms with Crippen molar-refractivity contribution in [3.8, 4) is 0 Å². The molecule has 0 radical (unpaired) electrons. The van der Waals surface area contributed by atoms with Crippen molar-refractivity contribution in [3.05, 3.63) is 0 Å². The van der Waals surface area contributed by atoms with Crippen LogP contribution in [0.2, 0.25) is 0 Å². The van der Waals surface area contributed by atoms with Gasteiger partial charge in [0.25, 0.3) is 0 Å². The zero-order valence-electron chi connectivity index (χ0n) is 2.10. The highest BCUT2D eigenvalue weighted by atomic mass is 28.3. The highest BCUT2D eigenvalue weighted by Crippen LogP contribution is 1.25. The molecule has 0 spiro atoms. The molecule has 0 rings (SSSR count). The van der Waals surface area contributed by atoms with Gasteiger partial charge < -0.3 is 9.59 Å². The maximum absolute atomic E-state index is 7.60. The number of rotatable bonds is 0. The number of hydrogen-bond acceptors (Lipinski definition) is 2. The molecule has 0 aromatic carbocycles. The summed E-state index contributed by atoms with van der Waals surface area (Å²) in [5.41, 5.74) is 0. The highest BCUT2D eigenvalue weighted by Gasteiger charge is 1.67. The molecule has 0 aromatic rings. The average molecular weight is 76.1 g/mol. The third-order valence-electron chi connectivity index (χ3n) is 0. The van der Waals surface area contributed by atoms with Crippen molar-refractivity contribution in [2.45, 2.75) is 0 Å². The molecule has 0 amide bonds. The van der Waals surface area contributed by atoms with E-state index in [1.54, 1.807) is 0 Å². The van der Waals surface area contributed by atoms with Crippen LogP contribution in [-0.2, 0) is 0 Å². The van der Waals surface area contributed by atoms with Gasteiger partial charge >= 0.3 is 8.90 Å². The third kappa shape index (κ3) is 8.12. The zero-order chi connectivity index (χ0) is 3.58. The van der Waals surface area contributed by atoms with Crippen molar-refractivity contribution < 1.29 is 9.59 Å². The lowest BCUT2D eigenvalue weighted by molar-refractivity contribution is 0.441. The fourth-order valence-electron chi connectivity index (χ4n) is 0. The number of hydrogen-bond donors (Lipinski definition) is 2. The molecule has 0 aromatic heterocycles. The van der Waals surface area contributed by atoms with E-state index in [2.05, 4.69) is 6.17 Å². The Balaban J connectivity index is 2.80. The van der Waals surface area contributed by atoms with E-state index in [0.29, 0.717) is 0 Å². The summed E-state index contributed by atoms with van der Waals surface area (Å²) in [6, 6.07) is 0. The molecule has 0 fully saturated rings. The first-order chi connectivity index (χ1) is 1.73. The van der Waals surface area contributed by atoms with Gasteiger partial charge in [-0.2, -0.15) is 0 Å². The van der Waals surface area contributed by atoms with E-state index in [4.69, 9.17) is 9.59 Å². The molecule has 0 saturated carbocycles. The van der Waals surface area contributed by atoms with E-state index in [0.717, 1.165) is 0 Å². The van der Waals surface area contributed by atoms with E-state index in [1.807, 2.05) is 0 Å². The Morgan fingerprint density at radius 2 is 1.50 bits per heavy atom. The van der Waals surface area contributed by atoms with Crippen LogP contribution >= 0.6 is 0 Å². The van der Waals surface area contributed by atoms with E-state index < -0.39 is 8.90 Å². The largest absolute Gasteiger partial charge is 0.539 e. The first-order valence-corrected chi connectivity index (χ1v) is 2.40. The van der Waals surface area contributed by atoms with Crippen LogP contribution in [0.3, 0.4) is 0 Å². The van der Waals surface area contributed by atoms with Gasteiger partial charge in [0.05, 0.1) is 0 Å². The summed E-state index contributed by atoms with van der Waals surface area (Å²) in [7, 11) is -2.13. The predicted octanol–water partition coefficient (Wildman–Crippen LogP) is -1.53. The summed E-state index contributed by atoms with van der Waals surface area (Å²) >= 11 is 0. The van der Waals surface area contributed by atoms with Crippen molar-refractivity contribution in [2.24, 2.45) is 0 Å². The maximum Gasteiger partial charge on any atom is 0.466 e. The predicted molar refractivity (Wildman–Crippen MR) is 17.3 cm³/mol. The molecule has 0 saturated heterocycles. The third-order valence-corrected chi connectivity index (χ3v) is 0. The van der Waals surface area contributed by atoms with Gasteiger partial charge in [-0.3, -0.25) is 0 Å². The Morgan fingerprint density at radius 3 is 1.50 bits per heavy atom. The van der Waals surface area contributed by atoms with Crippen LogP contribution in [0.15, 0.2) is 0 Å². The smallest absolute Gasteiger partial charge is 0.466 e. The molecule has 4 heavy (non-hydrogen) atoms. The lowest BCUT2D eigenvalue weighted by atomic mass is 12.0. The fraction of sp³-hybridized carbons (Fsp3) is 0. The quantitative estimate of drug-likeness (QED) is 0.344. The molecule has 0 heterocycles. The Bertz CT molecular complexity index is 29.0. The Morgan fingerprint density at radius 1 is 1.50 bits per heavy atom. The topological polar surface area (TPSA) is 40.5 Å². The van der Waals surface area contributed by atoms with Crippen LogP contribution in [0, 0.1) is 0 Å². The fourth-order valence-corrected chi connectivity index (χ4v) is 0. The molecule has 24 valence electrons. The van der Waals surface area contributed by atoms with E-state index in [1.165, 1.54) is 0 Å². The van der Waals surface area contributed by atoms with E-state index in [-0.39, 0.29) is 0 Å². The van der Waals surface area contributed by atoms with Crippen LogP contribution < -0.4 is 0 Å². The van der Waals surface area contributed by atoms with Gasteiger partial charge in [0.15, 0.2) is 0 Å². The lowest BCUT2D eigenvalue weighted by Crippen LogP contribution is -1.91. The van der Waals surface area contributed by atoms with Crippen LogP contribution in [-0.4, -0.2) is 24.7 Å². The van der Waals surface area contributed by atoms with Crippen LogP contribution in [0.25, 0.3) is 0 Å². The van der Waals surface area contributed by atoms with Crippen molar-refractivity contribution >= 4 is 15.1 Å². The molecule has 0 aliphatic rings. The standard InChI is InChI=1S/CH4O2Si/c1-4(2)3/h2-3H,1H2. The minimum atomic E-state index is -2.13. The summed E-state index contributed by atoms with van der Waals surface area (Å²) in [5.74, 6) is 0. The SMILES string of the molecule is C=[Si](O)O.